The van der Waals surface area contributed by atoms with Gasteiger partial charge in [0.25, 0.3) is 17.0 Å². The van der Waals surface area contributed by atoms with E-state index < -0.39 is 36.0 Å². The molecule has 12 nitrogen and oxygen atoms in total. The van der Waals surface area contributed by atoms with Crippen molar-refractivity contribution in [2.75, 3.05) is 17.7 Å². The number of hydrogen-bond donors (Lipinski definition) is 4. The number of aliphatic carboxylic acids is 1. The smallest absolute Gasteiger partial charge is 0.422 e. The van der Waals surface area contributed by atoms with E-state index in [1.54, 1.807) is 0 Å². The topological polar surface area (TPSA) is 170 Å². The van der Waals surface area contributed by atoms with Gasteiger partial charge in [-0.05, 0) is 0 Å². The molecule has 0 saturated heterocycles. The first kappa shape index (κ1) is 21.4. The number of thiazole rings is 1. The lowest BCUT2D eigenvalue weighted by molar-refractivity contribution is -0.505. The number of amides is 3. The van der Waals surface area contributed by atoms with E-state index in [1.165, 1.54) is 5.38 Å². The zero-order chi connectivity index (χ0) is 21.8. The largest absolute Gasteiger partial charge is 0.476 e. The van der Waals surface area contributed by atoms with Gasteiger partial charge in [-0.3, -0.25) is 9.59 Å². The zero-order valence-corrected chi connectivity index (χ0v) is 16.6. The van der Waals surface area contributed by atoms with Gasteiger partial charge in [-0.15, -0.1) is 22.3 Å². The lowest BCUT2D eigenvalue weighted by atomic mass is 10.0. The number of aliphatic hydroxyl groups is 1. The Kier molecular flexibility index (Phi) is 6.45. The summed E-state index contributed by atoms with van der Waals surface area (Å²) in [6.07, 6.45) is 4.28. The highest BCUT2D eigenvalue weighted by molar-refractivity contribution is 8.14. The Morgan fingerprint density at radius 3 is 2.97 bits per heavy atom. The van der Waals surface area contributed by atoms with Crippen molar-refractivity contribution in [1.29, 1.82) is 0 Å². The maximum Gasteiger partial charge on any atom is 0.422 e. The van der Waals surface area contributed by atoms with Gasteiger partial charge in [-0.1, -0.05) is 22.8 Å². The van der Waals surface area contributed by atoms with Crippen LogP contribution in [0.15, 0.2) is 10.5 Å². The fourth-order valence-electron chi connectivity index (χ4n) is 2.72. The number of hydrogen-bond acceptors (Lipinski definition) is 10. The summed E-state index contributed by atoms with van der Waals surface area (Å²) in [5, 5.41) is 29.5. The molecule has 0 saturated carbocycles. The normalized spacial score (nSPS) is 23.0. The van der Waals surface area contributed by atoms with Gasteiger partial charge in [0.05, 0.1) is 0 Å². The number of rotatable bonds is 8. The van der Waals surface area contributed by atoms with E-state index >= 15 is 0 Å². The van der Waals surface area contributed by atoms with Crippen LogP contribution < -0.4 is 10.6 Å². The number of aromatic nitrogens is 1. The summed E-state index contributed by atoms with van der Waals surface area (Å²) in [6, 6.07) is -2.51. The molecule has 4 N–H and O–H groups in total. The fourth-order valence-corrected chi connectivity index (χ4v) is 4.57. The van der Waals surface area contributed by atoms with Crippen LogP contribution in [-0.2, 0) is 24.0 Å². The Morgan fingerprint density at radius 2 is 2.30 bits per heavy atom. The monoisotopic (exact) mass is 452 g/mol. The lowest BCUT2D eigenvalue weighted by Gasteiger charge is -2.32. The maximum absolute atomic E-state index is 12.8. The van der Waals surface area contributed by atoms with E-state index in [9.17, 15) is 29.4 Å². The SMILES string of the molecule is C#CCON=C(C(=O)NC1C(=O)[N+]2=C1SCC(O)C2C(=O)O)c1csc(NC=O)n1. The van der Waals surface area contributed by atoms with Crippen LogP contribution in [0.2, 0.25) is 0 Å². The van der Waals surface area contributed by atoms with Crippen molar-refractivity contribution < 1.29 is 38.8 Å². The van der Waals surface area contributed by atoms with Crippen molar-refractivity contribution in [2.24, 2.45) is 5.16 Å². The molecule has 2 aliphatic heterocycles. The molecule has 3 unspecified atom stereocenters. The second-order valence-electron chi connectivity index (χ2n) is 5.83. The molecule has 2 aliphatic rings. The van der Waals surface area contributed by atoms with Crippen LogP contribution in [0.5, 0.6) is 0 Å². The third-order valence-electron chi connectivity index (χ3n) is 3.99. The number of nitrogens with one attached hydrogen (secondary N) is 2. The average molecular weight is 452 g/mol. The first-order valence-electron chi connectivity index (χ1n) is 8.23. The number of carboxylic acids is 1. The predicted molar refractivity (Wildman–Crippen MR) is 105 cm³/mol. The van der Waals surface area contributed by atoms with Crippen LogP contribution in [-0.4, -0.2) is 85.3 Å². The molecule has 3 rings (SSSR count). The molecule has 1 aromatic heterocycles. The van der Waals surface area contributed by atoms with Gasteiger partial charge in [0.15, 0.2) is 17.5 Å². The number of carbonyl (C=O) groups is 4. The molecular weight excluding hydrogens is 438 g/mol. The molecule has 0 aromatic carbocycles. The lowest BCUT2D eigenvalue weighted by Crippen LogP contribution is -2.69. The van der Waals surface area contributed by atoms with Crippen molar-refractivity contribution in [3.63, 3.8) is 0 Å². The van der Waals surface area contributed by atoms with Gasteiger partial charge >= 0.3 is 11.9 Å². The molecule has 3 heterocycles. The van der Waals surface area contributed by atoms with E-state index in [1.807, 2.05) is 0 Å². The second kappa shape index (κ2) is 9.03. The number of carbonyl (C=O) groups excluding carboxylic acids is 3. The number of nitrogens with zero attached hydrogens (tertiary/aromatic N) is 3. The van der Waals surface area contributed by atoms with Crippen molar-refractivity contribution in [3.8, 4) is 12.3 Å². The van der Waals surface area contributed by atoms with Crippen LogP contribution in [0.4, 0.5) is 5.13 Å². The molecule has 3 atom stereocenters. The van der Waals surface area contributed by atoms with E-state index in [-0.39, 0.29) is 28.9 Å². The van der Waals surface area contributed by atoms with Gasteiger partial charge in [-0.25, -0.2) is 14.6 Å². The molecule has 156 valence electrons. The number of oxime groups is 1. The second-order valence-corrected chi connectivity index (χ2v) is 7.73. The van der Waals surface area contributed by atoms with Crippen molar-refractivity contribution in [2.45, 2.75) is 18.2 Å². The van der Waals surface area contributed by atoms with Gasteiger partial charge in [0.2, 0.25) is 12.5 Å². The number of carboxylic acid groups (broad SMARTS) is 1. The highest BCUT2D eigenvalue weighted by Gasteiger charge is 2.60. The van der Waals surface area contributed by atoms with E-state index in [4.69, 9.17) is 11.3 Å². The summed E-state index contributed by atoms with van der Waals surface area (Å²) < 4.78 is 0.951. The Labute approximate surface area is 177 Å². The fraction of sp³-hybridized carbons (Fsp3) is 0.312. The summed E-state index contributed by atoms with van der Waals surface area (Å²) in [5.74, 6) is -0.607. The van der Waals surface area contributed by atoms with Gasteiger partial charge in [-0.2, -0.15) is 0 Å². The van der Waals surface area contributed by atoms with E-state index in [0.29, 0.717) is 11.5 Å². The third-order valence-corrected chi connectivity index (χ3v) is 6.00. The van der Waals surface area contributed by atoms with Crippen molar-refractivity contribution >= 4 is 63.2 Å². The summed E-state index contributed by atoms with van der Waals surface area (Å²) in [7, 11) is 0. The summed E-state index contributed by atoms with van der Waals surface area (Å²) >= 11 is 2.10. The molecule has 0 spiro atoms. The van der Waals surface area contributed by atoms with Crippen molar-refractivity contribution in [1.82, 2.24) is 10.3 Å². The van der Waals surface area contributed by atoms with Crippen LogP contribution in [0.25, 0.3) is 0 Å². The molecule has 1 aromatic rings. The van der Waals surface area contributed by atoms with E-state index in [2.05, 4.69) is 26.7 Å². The van der Waals surface area contributed by atoms with Gasteiger partial charge < -0.3 is 25.7 Å². The molecule has 0 radical (unpaired) electrons. The molecule has 3 amide bonds. The molecule has 0 bridgehead atoms. The zero-order valence-electron chi connectivity index (χ0n) is 15.0. The number of thioether (sulfide) groups is 1. The Morgan fingerprint density at radius 1 is 1.53 bits per heavy atom. The Hall–Kier alpha value is -3.28. The Balaban J connectivity index is 1.82. The summed E-state index contributed by atoms with van der Waals surface area (Å²) in [5.41, 5.74) is -0.217. The van der Waals surface area contributed by atoms with Crippen LogP contribution in [0.3, 0.4) is 0 Å². The minimum atomic E-state index is -1.41. The van der Waals surface area contributed by atoms with E-state index in [0.717, 1.165) is 27.7 Å². The quantitative estimate of drug-likeness (QED) is 0.0875. The van der Waals surface area contributed by atoms with Gasteiger partial charge in [0, 0.05) is 11.1 Å². The highest BCUT2D eigenvalue weighted by atomic mass is 32.2. The number of aliphatic hydroxyl groups excluding tert-OH is 1. The molecule has 14 heteroatoms. The molecule has 30 heavy (non-hydrogen) atoms. The average Bonchev–Trinajstić information content (AvgIpc) is 3.17. The molecular formula is C16H14N5O7S2+. The van der Waals surface area contributed by atoms with Crippen LogP contribution in [0.1, 0.15) is 5.69 Å². The minimum absolute atomic E-state index is 0.0570. The maximum atomic E-state index is 12.8. The first-order chi connectivity index (χ1) is 14.4. The predicted octanol–water partition coefficient (Wildman–Crippen LogP) is -1.94. The van der Waals surface area contributed by atoms with Crippen molar-refractivity contribution in [3.05, 3.63) is 11.1 Å². The number of terminal acetylenes is 1. The summed E-state index contributed by atoms with van der Waals surface area (Å²) in [4.78, 5) is 56.0. The summed E-state index contributed by atoms with van der Waals surface area (Å²) in [6.45, 7) is -0.220. The highest BCUT2D eigenvalue weighted by Crippen LogP contribution is 2.28. The third kappa shape index (κ3) is 4.03. The molecule has 0 aliphatic carbocycles. The minimum Gasteiger partial charge on any atom is -0.476 e. The standard InChI is InChI=1S/C16H13N5O7S2/c1-2-3-28-20-9(7-4-30-16(18-7)17-6-22)12(24)19-10-13(25)21-11(15(26)27)8(23)5-29-14(10)21/h1,4,6,8,10-11,23H,3,5H2,(H2-,17,18,19,22,24,26,27)/p+1. The first-order valence-corrected chi connectivity index (χ1v) is 10.1. The molecule has 0 fully saturated rings. The Bertz CT molecular complexity index is 1010. The van der Waals surface area contributed by atoms with Crippen LogP contribution in [0, 0.1) is 12.3 Å². The van der Waals surface area contributed by atoms with Crippen LogP contribution >= 0.6 is 23.1 Å². The van der Waals surface area contributed by atoms with Gasteiger partial charge in [0.1, 0.15) is 11.8 Å². The number of anilines is 1.